The summed E-state index contributed by atoms with van der Waals surface area (Å²) in [5.74, 6) is 0.936. The van der Waals surface area contributed by atoms with Crippen molar-refractivity contribution < 1.29 is 13.2 Å². The Hall–Kier alpha value is -0.210. The van der Waals surface area contributed by atoms with E-state index in [0.717, 1.165) is 25.7 Å². The molecule has 0 amide bonds. The number of hydrogen-bond acceptors (Lipinski definition) is 0. The molecule has 2 aliphatic carbocycles. The largest absolute Gasteiger partial charge is 0.394 e. The topological polar surface area (TPSA) is 0 Å². The van der Waals surface area contributed by atoms with Crippen molar-refractivity contribution in [1.29, 1.82) is 0 Å². The predicted octanol–water partition coefficient (Wildman–Crippen LogP) is 5.14. The fourth-order valence-electron chi connectivity index (χ4n) is 3.27. The summed E-state index contributed by atoms with van der Waals surface area (Å²) < 4.78 is 40.0. The van der Waals surface area contributed by atoms with Gasteiger partial charge in [-0.2, -0.15) is 13.2 Å². The highest BCUT2D eigenvalue weighted by atomic mass is 19.4. The van der Waals surface area contributed by atoms with Gasteiger partial charge in [0.25, 0.3) is 0 Å². The fourth-order valence-corrected chi connectivity index (χ4v) is 3.27. The summed E-state index contributed by atoms with van der Waals surface area (Å²) in [6.45, 7) is 1.96. The van der Waals surface area contributed by atoms with E-state index in [1.807, 2.05) is 6.92 Å². The second kappa shape index (κ2) is 4.81. The van der Waals surface area contributed by atoms with Crippen molar-refractivity contribution in [2.75, 3.05) is 0 Å². The lowest BCUT2D eigenvalue weighted by Gasteiger charge is -2.42. The molecule has 0 N–H and O–H groups in total. The van der Waals surface area contributed by atoms with Crippen LogP contribution in [-0.2, 0) is 0 Å². The Kier molecular flexibility index (Phi) is 3.74. The predicted molar refractivity (Wildman–Crippen MR) is 62.4 cm³/mol. The Bertz CT molecular complexity index is 255. The Morgan fingerprint density at radius 3 is 2.41 bits per heavy atom. The first-order valence-corrected chi connectivity index (χ1v) is 6.89. The fraction of sp³-hybridized carbons (Fsp3) is 0.929. The highest BCUT2D eigenvalue weighted by Gasteiger charge is 2.56. The Balaban J connectivity index is 2.08. The average Bonchev–Trinajstić information content (AvgIpc) is 3.09. The third kappa shape index (κ3) is 2.79. The highest BCUT2D eigenvalue weighted by Crippen LogP contribution is 2.57. The number of unbranched alkanes of at least 4 members (excludes halogenated alkanes) is 1. The highest BCUT2D eigenvalue weighted by molar-refractivity contribution is 5.04. The summed E-state index contributed by atoms with van der Waals surface area (Å²) in [7, 11) is 0. The molecule has 0 aliphatic heterocycles. The molecule has 2 fully saturated rings. The molecule has 2 unspecified atom stereocenters. The third-order valence-corrected chi connectivity index (χ3v) is 4.53. The van der Waals surface area contributed by atoms with Crippen LogP contribution >= 0.6 is 0 Å². The van der Waals surface area contributed by atoms with Crippen LogP contribution in [0, 0.1) is 23.7 Å². The molecule has 2 saturated carbocycles. The molecule has 0 aromatic heterocycles. The lowest BCUT2D eigenvalue weighted by molar-refractivity contribution is -0.226. The molecular weight excluding hydrogens is 225 g/mol. The number of halogens is 3. The average molecular weight is 247 g/mol. The summed E-state index contributed by atoms with van der Waals surface area (Å²) in [6, 6.07) is 0. The van der Waals surface area contributed by atoms with Gasteiger partial charge in [-0.05, 0) is 56.8 Å². The van der Waals surface area contributed by atoms with Gasteiger partial charge in [-0.15, -0.1) is 0 Å². The SMILES string of the molecule is CCCCC1(C(F)(F)F)[CH]CCC(C2CC2)C1. The van der Waals surface area contributed by atoms with Gasteiger partial charge in [0.15, 0.2) is 0 Å². The van der Waals surface area contributed by atoms with Crippen molar-refractivity contribution in [3.8, 4) is 0 Å². The minimum Gasteiger partial charge on any atom is -0.170 e. The molecule has 0 saturated heterocycles. The van der Waals surface area contributed by atoms with Gasteiger partial charge < -0.3 is 0 Å². The monoisotopic (exact) mass is 247 g/mol. The quantitative estimate of drug-likeness (QED) is 0.645. The van der Waals surface area contributed by atoms with Crippen molar-refractivity contribution in [3.05, 3.63) is 6.42 Å². The van der Waals surface area contributed by atoms with Crippen LogP contribution in [0.5, 0.6) is 0 Å². The molecule has 2 aliphatic rings. The first-order chi connectivity index (χ1) is 7.98. The minimum atomic E-state index is -4.05. The van der Waals surface area contributed by atoms with Crippen molar-refractivity contribution in [3.63, 3.8) is 0 Å². The van der Waals surface area contributed by atoms with Gasteiger partial charge in [-0.3, -0.25) is 0 Å². The van der Waals surface area contributed by atoms with E-state index in [0.29, 0.717) is 37.5 Å². The number of alkyl halides is 3. The lowest BCUT2D eigenvalue weighted by Crippen LogP contribution is -2.43. The molecule has 99 valence electrons. The van der Waals surface area contributed by atoms with Gasteiger partial charge in [0.2, 0.25) is 0 Å². The second-order valence-electron chi connectivity index (χ2n) is 5.84. The van der Waals surface area contributed by atoms with Gasteiger partial charge in [0, 0.05) is 0 Å². The van der Waals surface area contributed by atoms with Crippen molar-refractivity contribution in [1.82, 2.24) is 0 Å². The molecule has 1 radical (unpaired) electrons. The molecule has 0 heterocycles. The molecule has 3 heteroatoms. The maximum Gasteiger partial charge on any atom is 0.394 e. The smallest absolute Gasteiger partial charge is 0.170 e. The van der Waals surface area contributed by atoms with Crippen molar-refractivity contribution in [2.24, 2.45) is 17.3 Å². The summed E-state index contributed by atoms with van der Waals surface area (Å²) >= 11 is 0. The molecular formula is C14H22F3. The molecule has 2 atom stereocenters. The van der Waals surface area contributed by atoms with E-state index in [1.54, 1.807) is 6.42 Å². The maximum absolute atomic E-state index is 13.3. The van der Waals surface area contributed by atoms with Crippen molar-refractivity contribution >= 4 is 0 Å². The van der Waals surface area contributed by atoms with Gasteiger partial charge >= 0.3 is 6.18 Å². The number of rotatable bonds is 4. The van der Waals surface area contributed by atoms with Gasteiger partial charge in [-0.1, -0.05) is 19.8 Å². The van der Waals surface area contributed by atoms with Gasteiger partial charge in [-0.25, -0.2) is 0 Å². The molecule has 17 heavy (non-hydrogen) atoms. The number of hydrogen-bond donors (Lipinski definition) is 0. The van der Waals surface area contributed by atoms with E-state index in [4.69, 9.17) is 0 Å². The standard InChI is InChI=1S/C14H22F3/c1-2-3-8-13(14(15,16)17)9-4-5-12(10-13)11-6-7-11/h9,11-12H,2-8,10H2,1H3. The summed E-state index contributed by atoms with van der Waals surface area (Å²) in [5.41, 5.74) is -1.46. The lowest BCUT2D eigenvalue weighted by atomic mass is 9.65. The Morgan fingerprint density at radius 1 is 1.18 bits per heavy atom. The summed E-state index contributed by atoms with van der Waals surface area (Å²) in [5, 5.41) is 0. The van der Waals surface area contributed by atoms with E-state index in [-0.39, 0.29) is 0 Å². The molecule has 0 spiro atoms. The van der Waals surface area contributed by atoms with Crippen molar-refractivity contribution in [2.45, 2.75) is 64.5 Å². The summed E-state index contributed by atoms with van der Waals surface area (Å²) in [6.07, 6.45) is 3.69. The van der Waals surface area contributed by atoms with Crippen LogP contribution in [0.1, 0.15) is 58.3 Å². The maximum atomic E-state index is 13.3. The van der Waals surface area contributed by atoms with Crippen LogP contribution in [0.25, 0.3) is 0 Å². The first-order valence-electron chi connectivity index (χ1n) is 6.89. The van der Waals surface area contributed by atoms with Crippen LogP contribution in [0.15, 0.2) is 0 Å². The van der Waals surface area contributed by atoms with Gasteiger partial charge in [0.1, 0.15) is 0 Å². The van der Waals surface area contributed by atoms with Crippen LogP contribution in [0.3, 0.4) is 0 Å². The molecule has 0 aromatic rings. The van der Waals surface area contributed by atoms with Gasteiger partial charge in [0.05, 0.1) is 5.41 Å². The molecule has 0 bridgehead atoms. The zero-order valence-corrected chi connectivity index (χ0v) is 10.5. The van der Waals surface area contributed by atoms with E-state index in [1.165, 1.54) is 0 Å². The molecule has 0 nitrogen and oxygen atoms in total. The van der Waals surface area contributed by atoms with Crippen LogP contribution < -0.4 is 0 Å². The zero-order valence-electron chi connectivity index (χ0n) is 10.5. The third-order valence-electron chi connectivity index (χ3n) is 4.53. The second-order valence-corrected chi connectivity index (χ2v) is 5.84. The normalized spacial score (nSPS) is 34.9. The van der Waals surface area contributed by atoms with Crippen LogP contribution in [0.2, 0.25) is 0 Å². The Morgan fingerprint density at radius 2 is 1.88 bits per heavy atom. The van der Waals surface area contributed by atoms with E-state index >= 15 is 0 Å². The van der Waals surface area contributed by atoms with Crippen LogP contribution in [-0.4, -0.2) is 6.18 Å². The van der Waals surface area contributed by atoms with E-state index in [9.17, 15) is 13.2 Å². The van der Waals surface area contributed by atoms with Crippen LogP contribution in [0.4, 0.5) is 13.2 Å². The first kappa shape index (κ1) is 13.2. The molecule has 2 rings (SSSR count). The minimum absolute atomic E-state index is 0.302. The van der Waals surface area contributed by atoms with E-state index in [2.05, 4.69) is 0 Å². The molecule has 0 aromatic carbocycles. The van der Waals surface area contributed by atoms with E-state index < -0.39 is 11.6 Å². The Labute approximate surface area is 102 Å². The zero-order chi connectivity index (χ0) is 12.5. The summed E-state index contributed by atoms with van der Waals surface area (Å²) in [4.78, 5) is 0.